The highest BCUT2D eigenvalue weighted by Gasteiger charge is 2.31. The number of benzene rings is 3. The fraction of sp³-hybridized carbons (Fsp3) is 0.351. The van der Waals surface area contributed by atoms with Gasteiger partial charge in [-0.2, -0.15) is 0 Å². The first-order chi connectivity index (χ1) is 22.2. The van der Waals surface area contributed by atoms with E-state index in [9.17, 15) is 24.2 Å². The van der Waals surface area contributed by atoms with Crippen LogP contribution in [0.25, 0.3) is 22.4 Å². The molecule has 0 unspecified atom stereocenters. The molecular formula is C37H46FN3O6. The van der Waals surface area contributed by atoms with Crippen LogP contribution in [0.15, 0.2) is 84.9 Å². The molecule has 2 atom stereocenters. The second-order valence-corrected chi connectivity index (χ2v) is 12.6. The number of carbonyl (C=O) groups is 2. The van der Waals surface area contributed by atoms with Crippen molar-refractivity contribution in [2.45, 2.75) is 77.2 Å². The number of nitrogens with two attached hydrogens (primary N) is 1. The maximum Gasteiger partial charge on any atom is 0.305 e. The van der Waals surface area contributed by atoms with Gasteiger partial charge in [0.2, 0.25) is 0 Å². The van der Waals surface area contributed by atoms with Gasteiger partial charge in [-0.15, -0.1) is 0 Å². The molecular weight excluding hydrogens is 601 g/mol. The number of hydrogen-bond acceptors (Lipinski definition) is 6. The molecule has 0 aliphatic heterocycles. The largest absolute Gasteiger partial charge is 0.481 e. The van der Waals surface area contributed by atoms with Crippen molar-refractivity contribution in [2.75, 3.05) is 11.9 Å². The summed E-state index contributed by atoms with van der Waals surface area (Å²) in [5.74, 6) is -1.93. The molecule has 9 nitrogen and oxygen atoms in total. The maximum absolute atomic E-state index is 14.0. The van der Waals surface area contributed by atoms with Crippen LogP contribution in [-0.4, -0.2) is 61.2 Å². The third kappa shape index (κ3) is 10.9. The van der Waals surface area contributed by atoms with Crippen molar-refractivity contribution < 1.29 is 34.4 Å². The van der Waals surface area contributed by atoms with E-state index < -0.39 is 30.1 Å². The van der Waals surface area contributed by atoms with E-state index in [0.717, 1.165) is 11.3 Å². The summed E-state index contributed by atoms with van der Waals surface area (Å²) < 4.78 is 16.0. The Labute approximate surface area is 275 Å². The molecule has 0 radical (unpaired) electrons. The number of nitrogens with one attached hydrogen (secondary N) is 1. The Bertz CT molecular complexity index is 1580. The molecule has 252 valence electrons. The molecule has 1 heterocycles. The minimum Gasteiger partial charge on any atom is -0.481 e. The number of nitrogens with zero attached hydrogens (tertiary/aromatic N) is 1. The summed E-state index contributed by atoms with van der Waals surface area (Å²) in [6.45, 7) is 7.84. The van der Waals surface area contributed by atoms with Crippen LogP contribution in [0.4, 0.5) is 10.1 Å². The number of aromatic nitrogens is 1. The van der Waals surface area contributed by atoms with Crippen LogP contribution in [0, 0.1) is 5.82 Å². The van der Waals surface area contributed by atoms with Gasteiger partial charge in [0.15, 0.2) is 0 Å². The number of amides is 1. The number of aliphatic carboxylic acids is 1. The maximum atomic E-state index is 14.0. The molecule has 0 aliphatic carbocycles. The lowest BCUT2D eigenvalue weighted by molar-refractivity contribution is -0.139. The summed E-state index contributed by atoms with van der Waals surface area (Å²) in [6.07, 6.45) is -2.51. The van der Waals surface area contributed by atoms with Crippen molar-refractivity contribution >= 4 is 17.6 Å². The summed E-state index contributed by atoms with van der Waals surface area (Å²) in [5.41, 5.74) is 9.66. The van der Waals surface area contributed by atoms with E-state index in [1.165, 1.54) is 12.1 Å². The number of aliphatic hydroxyl groups excluding tert-OH is 3. The first-order valence-corrected chi connectivity index (χ1v) is 15.6. The first kappa shape index (κ1) is 37.1. The lowest BCUT2D eigenvalue weighted by Gasteiger charge is -2.20. The minimum absolute atomic E-state index is 0.0486. The Morgan fingerprint density at radius 3 is 1.96 bits per heavy atom. The van der Waals surface area contributed by atoms with Gasteiger partial charge in [-0.3, -0.25) is 9.59 Å². The Balaban J connectivity index is 0.000000913. The zero-order chi connectivity index (χ0) is 34.7. The predicted octanol–water partition coefficient (Wildman–Crippen LogP) is 6.03. The van der Waals surface area contributed by atoms with Gasteiger partial charge in [0.05, 0.1) is 36.5 Å². The molecule has 47 heavy (non-hydrogen) atoms. The summed E-state index contributed by atoms with van der Waals surface area (Å²) in [4.78, 5) is 25.0. The average molecular weight is 648 g/mol. The van der Waals surface area contributed by atoms with E-state index in [-0.39, 0.29) is 43.6 Å². The number of anilines is 1. The second kappa shape index (κ2) is 17.0. The van der Waals surface area contributed by atoms with Crippen LogP contribution in [0.1, 0.15) is 68.9 Å². The van der Waals surface area contributed by atoms with Crippen LogP contribution in [-0.2, 0) is 11.3 Å². The van der Waals surface area contributed by atoms with Gasteiger partial charge in [-0.05, 0) is 80.1 Å². The highest BCUT2D eigenvalue weighted by molar-refractivity contribution is 6.12. The fourth-order valence-corrected chi connectivity index (χ4v) is 5.20. The predicted molar refractivity (Wildman–Crippen MR) is 183 cm³/mol. The van der Waals surface area contributed by atoms with Gasteiger partial charge >= 0.3 is 5.97 Å². The number of carboxylic acid groups (broad SMARTS) is 1. The normalized spacial score (nSPS) is 12.6. The molecule has 3 aromatic carbocycles. The Hall–Kier alpha value is -4.35. The molecule has 0 fully saturated rings. The highest BCUT2D eigenvalue weighted by atomic mass is 19.1. The quantitative estimate of drug-likeness (QED) is 0.103. The van der Waals surface area contributed by atoms with E-state index in [1.54, 1.807) is 26.0 Å². The number of carbonyl (C=O) groups excluding carboxylic acids is 1. The standard InChI is InChI=1S/C33H35FN2O5.C4H11NO/c1-21(2)31-30(33(41)35-25-11-7-4-8-12-25)29(22-9-5-3-6-10-22)32(23-13-15-24(34)16-14-23)36(31)18-17-26(37)19-27(38)20-28(39)40;1-4(2,5)3-6/h3-16,21,26-27,37-38H,17-20H2,1-2H3,(H,35,41)(H,39,40);6H,3,5H2,1-2H3/t26-,27-;/m1./s1. The molecule has 0 saturated heterocycles. The topological polar surface area (TPSA) is 158 Å². The molecule has 0 saturated carbocycles. The fourth-order valence-electron chi connectivity index (χ4n) is 5.20. The number of para-hydroxylation sites is 1. The monoisotopic (exact) mass is 647 g/mol. The number of carboxylic acids is 1. The zero-order valence-corrected chi connectivity index (χ0v) is 27.4. The molecule has 1 amide bonds. The summed E-state index contributed by atoms with van der Waals surface area (Å²) in [7, 11) is 0. The van der Waals surface area contributed by atoms with Crippen molar-refractivity contribution in [3.63, 3.8) is 0 Å². The number of aliphatic hydroxyl groups is 3. The van der Waals surface area contributed by atoms with Crippen LogP contribution >= 0.6 is 0 Å². The molecule has 10 heteroatoms. The molecule has 4 rings (SSSR count). The lowest BCUT2D eigenvalue weighted by Crippen LogP contribution is -2.35. The van der Waals surface area contributed by atoms with Gasteiger partial charge in [0.25, 0.3) is 5.91 Å². The van der Waals surface area contributed by atoms with Crippen LogP contribution in [0.3, 0.4) is 0 Å². The van der Waals surface area contributed by atoms with Crippen LogP contribution in [0.5, 0.6) is 0 Å². The van der Waals surface area contributed by atoms with Crippen LogP contribution in [0.2, 0.25) is 0 Å². The van der Waals surface area contributed by atoms with Gasteiger partial charge in [-0.1, -0.05) is 62.4 Å². The average Bonchev–Trinajstić information content (AvgIpc) is 3.36. The van der Waals surface area contributed by atoms with Crippen LogP contribution < -0.4 is 11.1 Å². The number of hydrogen-bond donors (Lipinski definition) is 6. The van der Waals surface area contributed by atoms with Crippen molar-refractivity contribution in [1.82, 2.24) is 4.57 Å². The van der Waals surface area contributed by atoms with E-state index >= 15 is 0 Å². The van der Waals surface area contributed by atoms with Crippen molar-refractivity contribution in [3.8, 4) is 22.4 Å². The minimum atomic E-state index is -1.18. The highest BCUT2D eigenvalue weighted by Crippen LogP contribution is 2.42. The summed E-state index contributed by atoms with van der Waals surface area (Å²) >= 11 is 0. The molecule has 0 spiro atoms. The zero-order valence-electron chi connectivity index (χ0n) is 27.4. The lowest BCUT2D eigenvalue weighted by atomic mass is 9.94. The number of rotatable bonds is 13. The van der Waals surface area contributed by atoms with Crippen molar-refractivity contribution in [1.29, 1.82) is 0 Å². The molecule has 1 aromatic heterocycles. The van der Waals surface area contributed by atoms with Crippen molar-refractivity contribution in [2.24, 2.45) is 5.73 Å². The Morgan fingerprint density at radius 2 is 1.45 bits per heavy atom. The number of halogens is 1. The molecule has 4 aromatic rings. The third-order valence-corrected chi connectivity index (χ3v) is 7.34. The SMILES string of the molecule is CC(C)(N)CO.CC(C)c1c(C(=O)Nc2ccccc2)c(-c2ccccc2)c(-c2ccc(F)cc2)n1CC[C@@H](O)C[C@@H](O)CC(=O)O. The van der Waals surface area contributed by atoms with E-state index in [2.05, 4.69) is 5.32 Å². The second-order valence-electron chi connectivity index (χ2n) is 12.6. The van der Waals surface area contributed by atoms with E-state index in [4.69, 9.17) is 15.9 Å². The summed E-state index contributed by atoms with van der Waals surface area (Å²) in [5, 5.41) is 41.1. The van der Waals surface area contributed by atoms with E-state index in [0.29, 0.717) is 28.1 Å². The first-order valence-electron chi connectivity index (χ1n) is 15.6. The molecule has 7 N–H and O–H groups in total. The third-order valence-electron chi connectivity index (χ3n) is 7.34. The summed E-state index contributed by atoms with van der Waals surface area (Å²) in [6, 6.07) is 24.8. The van der Waals surface area contributed by atoms with Gasteiger partial charge in [0, 0.05) is 29.0 Å². The van der Waals surface area contributed by atoms with Gasteiger partial charge < -0.3 is 36.0 Å². The smallest absolute Gasteiger partial charge is 0.305 e. The Morgan fingerprint density at radius 1 is 0.894 bits per heavy atom. The molecule has 0 aliphatic rings. The van der Waals surface area contributed by atoms with Crippen molar-refractivity contribution in [3.05, 3.63) is 102 Å². The molecule has 0 bridgehead atoms. The van der Waals surface area contributed by atoms with Gasteiger partial charge in [0.1, 0.15) is 5.82 Å². The Kier molecular flexibility index (Phi) is 13.4. The van der Waals surface area contributed by atoms with E-state index in [1.807, 2.05) is 79.1 Å². The van der Waals surface area contributed by atoms with Gasteiger partial charge in [-0.25, -0.2) is 4.39 Å².